The van der Waals surface area contributed by atoms with E-state index < -0.39 is 0 Å². The maximum absolute atomic E-state index is 12.8. The van der Waals surface area contributed by atoms with Crippen LogP contribution < -0.4 is 14.8 Å². The Morgan fingerprint density at radius 1 is 0.825 bits per heavy atom. The second-order valence-corrected chi connectivity index (χ2v) is 10.2. The molecular weight excluding hydrogens is 520 g/mol. The van der Waals surface area contributed by atoms with Crippen LogP contribution in [0.1, 0.15) is 32.9 Å². The number of carbonyl (C=O) groups excluding carboxylic acids is 1. The molecule has 1 aromatic heterocycles. The third-order valence-corrected chi connectivity index (χ3v) is 7.42. The number of ether oxygens (including phenoxy) is 2. The summed E-state index contributed by atoms with van der Waals surface area (Å²) < 4.78 is 12.7. The molecule has 40 heavy (non-hydrogen) atoms. The van der Waals surface area contributed by atoms with Gasteiger partial charge >= 0.3 is 0 Å². The fourth-order valence-corrected chi connectivity index (χ4v) is 5.18. The van der Waals surface area contributed by atoms with E-state index in [0.29, 0.717) is 34.9 Å². The van der Waals surface area contributed by atoms with Crippen LogP contribution in [0.5, 0.6) is 11.5 Å². The van der Waals surface area contributed by atoms with Crippen molar-refractivity contribution >= 4 is 23.4 Å². The molecule has 0 saturated carbocycles. The minimum absolute atomic E-state index is 0.198. The van der Waals surface area contributed by atoms with Crippen LogP contribution in [0.25, 0.3) is 5.69 Å². The summed E-state index contributed by atoms with van der Waals surface area (Å²) in [5, 5.41) is 12.8. The standard InChI is InChI=1S/C32H30N4O3S/c1-22-9-16-27(17-10-22)36-30(19-23-7-5-4-6-8-23)34-35-32(36)40-21-24-11-13-25(14-12-24)31(37)33-26-15-18-28(38-2)29(20-26)39-3/h4-18,20H,19,21H2,1-3H3,(H,33,37). The van der Waals surface area contributed by atoms with Crippen molar-refractivity contribution in [2.75, 3.05) is 19.5 Å². The first-order chi connectivity index (χ1) is 19.5. The number of benzene rings is 4. The Morgan fingerprint density at radius 2 is 1.55 bits per heavy atom. The molecule has 0 aliphatic rings. The fourth-order valence-electron chi connectivity index (χ4n) is 4.26. The summed E-state index contributed by atoms with van der Waals surface area (Å²) in [6.07, 6.45) is 0.687. The van der Waals surface area contributed by atoms with Gasteiger partial charge in [0, 0.05) is 35.2 Å². The molecule has 0 atom stereocenters. The summed E-state index contributed by atoms with van der Waals surface area (Å²) in [5.74, 6) is 2.54. The molecule has 0 spiro atoms. The maximum atomic E-state index is 12.8. The topological polar surface area (TPSA) is 78.3 Å². The Balaban J connectivity index is 1.29. The molecule has 1 amide bonds. The number of methoxy groups -OCH3 is 2. The summed E-state index contributed by atoms with van der Waals surface area (Å²) in [4.78, 5) is 12.8. The monoisotopic (exact) mass is 550 g/mol. The lowest BCUT2D eigenvalue weighted by Crippen LogP contribution is -2.12. The maximum Gasteiger partial charge on any atom is 0.255 e. The number of nitrogens with one attached hydrogen (secondary N) is 1. The number of rotatable bonds is 10. The zero-order valence-electron chi connectivity index (χ0n) is 22.6. The smallest absolute Gasteiger partial charge is 0.255 e. The number of hydrogen-bond donors (Lipinski definition) is 1. The number of aromatic nitrogens is 3. The average Bonchev–Trinajstić information content (AvgIpc) is 3.39. The van der Waals surface area contributed by atoms with Crippen LogP contribution in [0.4, 0.5) is 5.69 Å². The molecule has 202 valence electrons. The Morgan fingerprint density at radius 3 is 2.25 bits per heavy atom. The highest BCUT2D eigenvalue weighted by atomic mass is 32.2. The lowest BCUT2D eigenvalue weighted by atomic mass is 10.1. The van der Waals surface area contributed by atoms with Gasteiger partial charge in [-0.05, 0) is 54.4 Å². The van der Waals surface area contributed by atoms with Gasteiger partial charge in [-0.2, -0.15) is 0 Å². The van der Waals surface area contributed by atoms with Crippen molar-refractivity contribution in [3.05, 3.63) is 125 Å². The van der Waals surface area contributed by atoms with Gasteiger partial charge in [-0.25, -0.2) is 0 Å². The van der Waals surface area contributed by atoms with Gasteiger partial charge in [0.1, 0.15) is 5.82 Å². The first-order valence-electron chi connectivity index (χ1n) is 12.8. The molecule has 0 bridgehead atoms. The van der Waals surface area contributed by atoms with E-state index in [1.807, 2.05) is 42.5 Å². The molecule has 8 heteroatoms. The molecular formula is C32H30N4O3S. The lowest BCUT2D eigenvalue weighted by Gasteiger charge is -2.11. The van der Waals surface area contributed by atoms with Gasteiger partial charge in [-0.1, -0.05) is 71.9 Å². The molecule has 5 rings (SSSR count). The molecule has 0 saturated heterocycles. The van der Waals surface area contributed by atoms with Crippen molar-refractivity contribution in [1.29, 1.82) is 0 Å². The Bertz CT molecular complexity index is 1580. The van der Waals surface area contributed by atoms with Crippen LogP contribution in [-0.2, 0) is 12.2 Å². The van der Waals surface area contributed by atoms with E-state index in [2.05, 4.69) is 63.4 Å². The summed E-state index contributed by atoms with van der Waals surface area (Å²) in [6, 6.07) is 31.6. The predicted molar refractivity (Wildman–Crippen MR) is 159 cm³/mol. The normalized spacial score (nSPS) is 10.8. The second kappa shape index (κ2) is 12.5. The van der Waals surface area contributed by atoms with E-state index in [-0.39, 0.29) is 5.91 Å². The molecule has 0 unspecified atom stereocenters. The molecule has 0 fully saturated rings. The predicted octanol–water partition coefficient (Wildman–Crippen LogP) is 6.73. The number of hydrogen-bond acceptors (Lipinski definition) is 6. The van der Waals surface area contributed by atoms with Crippen molar-refractivity contribution in [1.82, 2.24) is 14.8 Å². The molecule has 1 N–H and O–H groups in total. The van der Waals surface area contributed by atoms with E-state index in [9.17, 15) is 4.79 Å². The third-order valence-electron chi connectivity index (χ3n) is 6.42. The van der Waals surface area contributed by atoms with Crippen molar-refractivity contribution in [3.8, 4) is 17.2 Å². The molecule has 0 aliphatic carbocycles. The van der Waals surface area contributed by atoms with Gasteiger partial charge in [0.05, 0.1) is 14.2 Å². The van der Waals surface area contributed by atoms with Crippen LogP contribution >= 0.6 is 11.8 Å². The Hall–Kier alpha value is -4.56. The number of aryl methyl sites for hydroxylation is 1. The van der Waals surface area contributed by atoms with Gasteiger partial charge in [0.2, 0.25) is 0 Å². The van der Waals surface area contributed by atoms with Crippen LogP contribution in [0.3, 0.4) is 0 Å². The molecule has 0 aliphatic heterocycles. The van der Waals surface area contributed by atoms with Crippen molar-refractivity contribution in [2.24, 2.45) is 0 Å². The highest BCUT2D eigenvalue weighted by Gasteiger charge is 2.16. The highest BCUT2D eigenvalue weighted by Crippen LogP contribution is 2.30. The van der Waals surface area contributed by atoms with Crippen LogP contribution in [0.15, 0.2) is 102 Å². The Labute approximate surface area is 238 Å². The van der Waals surface area contributed by atoms with Crippen LogP contribution in [0, 0.1) is 6.92 Å². The SMILES string of the molecule is COc1ccc(NC(=O)c2ccc(CSc3nnc(Cc4ccccc4)n3-c3ccc(C)cc3)cc2)cc1OC. The first kappa shape index (κ1) is 27.0. The minimum atomic E-state index is -0.198. The van der Waals surface area contributed by atoms with Crippen LogP contribution in [-0.4, -0.2) is 34.9 Å². The molecule has 0 radical (unpaired) electrons. The first-order valence-corrected chi connectivity index (χ1v) is 13.8. The summed E-state index contributed by atoms with van der Waals surface area (Å²) in [5.41, 5.74) is 5.69. The zero-order valence-corrected chi connectivity index (χ0v) is 23.4. The Kier molecular flexibility index (Phi) is 8.47. The third kappa shape index (κ3) is 6.35. The van der Waals surface area contributed by atoms with Gasteiger partial charge in [-0.3, -0.25) is 9.36 Å². The average molecular weight is 551 g/mol. The zero-order chi connectivity index (χ0) is 27.9. The molecule has 7 nitrogen and oxygen atoms in total. The van der Waals surface area contributed by atoms with Crippen molar-refractivity contribution in [3.63, 3.8) is 0 Å². The van der Waals surface area contributed by atoms with Crippen molar-refractivity contribution < 1.29 is 14.3 Å². The molecule has 1 heterocycles. The number of amides is 1. The summed E-state index contributed by atoms with van der Waals surface area (Å²) in [7, 11) is 3.14. The number of carbonyl (C=O) groups is 1. The van der Waals surface area contributed by atoms with E-state index in [0.717, 1.165) is 22.2 Å². The van der Waals surface area contributed by atoms with Gasteiger partial charge in [0.15, 0.2) is 16.7 Å². The van der Waals surface area contributed by atoms with Crippen molar-refractivity contribution in [2.45, 2.75) is 24.3 Å². The largest absolute Gasteiger partial charge is 0.493 e. The van der Waals surface area contributed by atoms with E-state index >= 15 is 0 Å². The van der Waals surface area contributed by atoms with E-state index in [1.54, 1.807) is 44.2 Å². The second-order valence-electron chi connectivity index (χ2n) is 9.24. The summed E-state index contributed by atoms with van der Waals surface area (Å²) >= 11 is 1.62. The molecule has 5 aromatic rings. The highest BCUT2D eigenvalue weighted by molar-refractivity contribution is 7.98. The van der Waals surface area contributed by atoms with Crippen LogP contribution in [0.2, 0.25) is 0 Å². The lowest BCUT2D eigenvalue weighted by molar-refractivity contribution is 0.102. The number of anilines is 1. The summed E-state index contributed by atoms with van der Waals surface area (Å²) in [6.45, 7) is 2.08. The van der Waals surface area contributed by atoms with E-state index in [4.69, 9.17) is 9.47 Å². The van der Waals surface area contributed by atoms with Gasteiger partial charge < -0.3 is 14.8 Å². The van der Waals surface area contributed by atoms with Gasteiger partial charge in [0.25, 0.3) is 5.91 Å². The minimum Gasteiger partial charge on any atom is -0.493 e. The van der Waals surface area contributed by atoms with Gasteiger partial charge in [-0.15, -0.1) is 10.2 Å². The number of thioether (sulfide) groups is 1. The number of nitrogens with zero attached hydrogens (tertiary/aromatic N) is 3. The fraction of sp³-hybridized carbons (Fsp3) is 0.156. The molecule has 4 aromatic carbocycles. The van der Waals surface area contributed by atoms with E-state index in [1.165, 1.54) is 11.1 Å². The quantitative estimate of drug-likeness (QED) is 0.194.